The normalized spacial score (nSPS) is 16.4. The standard InChI is InChI=1S/C16H21N5O4/c1-11-7-13(25-21-11)16(3-5-24-6-4-16)20-15(22)19-14-8-12(9-23-2)17-10-18-14/h7-8,10H,3-6,9H2,1-2H3,(H2,17,18,19,20,22). The number of aromatic nitrogens is 3. The lowest BCUT2D eigenvalue weighted by molar-refractivity contribution is 0.0307. The van der Waals surface area contributed by atoms with Gasteiger partial charge in [-0.25, -0.2) is 14.8 Å². The van der Waals surface area contributed by atoms with Crippen LogP contribution in [0.2, 0.25) is 0 Å². The number of anilines is 1. The van der Waals surface area contributed by atoms with E-state index in [1.165, 1.54) is 6.33 Å². The van der Waals surface area contributed by atoms with Gasteiger partial charge in [0, 0.05) is 45.3 Å². The Morgan fingerprint density at radius 2 is 2.12 bits per heavy atom. The van der Waals surface area contributed by atoms with Crippen molar-refractivity contribution < 1.29 is 18.8 Å². The van der Waals surface area contributed by atoms with Crippen LogP contribution in [0.25, 0.3) is 0 Å². The minimum Gasteiger partial charge on any atom is -0.381 e. The number of nitrogens with one attached hydrogen (secondary N) is 2. The predicted octanol–water partition coefficient (Wildman–Crippen LogP) is 1.75. The van der Waals surface area contributed by atoms with Crippen LogP contribution in [-0.2, 0) is 21.6 Å². The van der Waals surface area contributed by atoms with Gasteiger partial charge in [0.25, 0.3) is 0 Å². The first-order valence-electron chi connectivity index (χ1n) is 8.02. The van der Waals surface area contributed by atoms with E-state index in [4.69, 9.17) is 14.0 Å². The van der Waals surface area contributed by atoms with Crippen LogP contribution in [0, 0.1) is 6.92 Å². The van der Waals surface area contributed by atoms with Gasteiger partial charge in [0.2, 0.25) is 0 Å². The zero-order valence-electron chi connectivity index (χ0n) is 14.2. The molecule has 134 valence electrons. The highest BCUT2D eigenvalue weighted by Gasteiger charge is 2.39. The van der Waals surface area contributed by atoms with Crippen molar-refractivity contribution in [3.05, 3.63) is 35.6 Å². The number of carbonyl (C=O) groups excluding carboxylic acids is 1. The third-order valence-corrected chi connectivity index (χ3v) is 4.06. The molecule has 2 amide bonds. The Labute approximate surface area is 145 Å². The summed E-state index contributed by atoms with van der Waals surface area (Å²) in [5.74, 6) is 1.03. The molecule has 0 aromatic carbocycles. The first-order valence-corrected chi connectivity index (χ1v) is 8.02. The molecule has 1 aliphatic rings. The fourth-order valence-corrected chi connectivity index (χ4v) is 2.80. The maximum absolute atomic E-state index is 12.5. The molecule has 25 heavy (non-hydrogen) atoms. The maximum atomic E-state index is 12.5. The highest BCUT2D eigenvalue weighted by molar-refractivity contribution is 5.88. The molecular weight excluding hydrogens is 326 g/mol. The van der Waals surface area contributed by atoms with E-state index in [2.05, 4.69) is 25.8 Å². The van der Waals surface area contributed by atoms with Crippen LogP contribution in [-0.4, -0.2) is 41.5 Å². The van der Waals surface area contributed by atoms with Crippen LogP contribution >= 0.6 is 0 Å². The van der Waals surface area contributed by atoms with Gasteiger partial charge in [-0.1, -0.05) is 5.16 Å². The molecule has 0 bridgehead atoms. The fourth-order valence-electron chi connectivity index (χ4n) is 2.80. The molecule has 2 aromatic heterocycles. The summed E-state index contributed by atoms with van der Waals surface area (Å²) < 4.78 is 15.9. The van der Waals surface area contributed by atoms with Gasteiger partial charge in [-0.15, -0.1) is 0 Å². The molecule has 0 spiro atoms. The molecule has 9 nitrogen and oxygen atoms in total. The van der Waals surface area contributed by atoms with Gasteiger partial charge in [0.15, 0.2) is 5.76 Å². The highest BCUT2D eigenvalue weighted by atomic mass is 16.5. The fraction of sp³-hybridized carbons (Fsp3) is 0.500. The van der Waals surface area contributed by atoms with Crippen LogP contribution in [0.15, 0.2) is 23.0 Å². The number of nitrogens with zero attached hydrogens (tertiary/aromatic N) is 3. The van der Waals surface area contributed by atoms with Crippen LogP contribution in [0.1, 0.15) is 30.0 Å². The molecule has 0 aliphatic carbocycles. The SMILES string of the molecule is COCc1cc(NC(=O)NC2(c3cc(C)no3)CCOCC2)ncn1. The van der Waals surface area contributed by atoms with Crippen molar-refractivity contribution in [3.63, 3.8) is 0 Å². The molecule has 1 aliphatic heterocycles. The summed E-state index contributed by atoms with van der Waals surface area (Å²) >= 11 is 0. The molecule has 0 saturated carbocycles. The zero-order valence-corrected chi connectivity index (χ0v) is 14.2. The number of urea groups is 1. The number of rotatable bonds is 5. The third kappa shape index (κ3) is 4.12. The first kappa shape index (κ1) is 17.3. The molecule has 0 unspecified atom stereocenters. The van der Waals surface area contributed by atoms with Crippen molar-refractivity contribution in [2.24, 2.45) is 0 Å². The lowest BCUT2D eigenvalue weighted by Gasteiger charge is -2.35. The average Bonchev–Trinajstić information content (AvgIpc) is 3.03. The number of methoxy groups -OCH3 is 1. The average molecular weight is 347 g/mol. The lowest BCUT2D eigenvalue weighted by atomic mass is 9.87. The zero-order chi connectivity index (χ0) is 17.7. The Morgan fingerprint density at radius 3 is 2.80 bits per heavy atom. The summed E-state index contributed by atoms with van der Waals surface area (Å²) in [4.78, 5) is 20.6. The Balaban J connectivity index is 1.73. The number of ether oxygens (including phenoxy) is 2. The van der Waals surface area contributed by atoms with Crippen LogP contribution in [0.3, 0.4) is 0 Å². The van der Waals surface area contributed by atoms with Crippen LogP contribution in [0.4, 0.5) is 10.6 Å². The van der Waals surface area contributed by atoms with Crippen LogP contribution in [0.5, 0.6) is 0 Å². The number of hydrogen-bond donors (Lipinski definition) is 2. The van der Waals surface area contributed by atoms with Crippen molar-refractivity contribution in [2.75, 3.05) is 25.6 Å². The molecule has 2 aromatic rings. The van der Waals surface area contributed by atoms with E-state index in [9.17, 15) is 4.79 Å². The summed E-state index contributed by atoms with van der Waals surface area (Å²) in [6.45, 7) is 3.26. The molecule has 1 saturated heterocycles. The second-order valence-electron chi connectivity index (χ2n) is 5.93. The summed E-state index contributed by atoms with van der Waals surface area (Å²) in [5, 5.41) is 9.67. The lowest BCUT2D eigenvalue weighted by Crippen LogP contribution is -2.50. The molecule has 3 heterocycles. The summed E-state index contributed by atoms with van der Waals surface area (Å²) in [6, 6.07) is 3.13. The Hall–Kier alpha value is -2.52. The minimum absolute atomic E-state index is 0.345. The van der Waals surface area contributed by atoms with E-state index >= 15 is 0 Å². The van der Waals surface area contributed by atoms with Gasteiger partial charge in [0.05, 0.1) is 18.0 Å². The van der Waals surface area contributed by atoms with E-state index in [0.717, 1.165) is 5.69 Å². The quantitative estimate of drug-likeness (QED) is 0.847. The maximum Gasteiger partial charge on any atom is 0.321 e. The third-order valence-electron chi connectivity index (χ3n) is 4.06. The first-order chi connectivity index (χ1) is 12.1. The molecule has 3 rings (SSSR count). The van der Waals surface area contributed by atoms with Gasteiger partial charge in [-0.05, 0) is 6.92 Å². The second-order valence-corrected chi connectivity index (χ2v) is 5.93. The van der Waals surface area contributed by atoms with Crippen molar-refractivity contribution in [1.82, 2.24) is 20.4 Å². The van der Waals surface area contributed by atoms with Crippen molar-refractivity contribution in [2.45, 2.75) is 31.9 Å². The van der Waals surface area contributed by atoms with Gasteiger partial charge < -0.3 is 19.3 Å². The van der Waals surface area contributed by atoms with Crippen LogP contribution < -0.4 is 10.6 Å². The number of amides is 2. The van der Waals surface area contributed by atoms with E-state index in [-0.39, 0.29) is 6.03 Å². The molecule has 0 atom stereocenters. The van der Waals surface area contributed by atoms with Gasteiger partial charge in [0.1, 0.15) is 17.7 Å². The Bertz CT molecular complexity index is 727. The summed E-state index contributed by atoms with van der Waals surface area (Å²) in [5.41, 5.74) is 0.800. The number of aryl methyl sites for hydroxylation is 1. The second kappa shape index (κ2) is 7.58. The number of carbonyl (C=O) groups is 1. The van der Waals surface area contributed by atoms with E-state index in [1.807, 2.05) is 13.0 Å². The molecule has 2 N–H and O–H groups in total. The van der Waals surface area contributed by atoms with Gasteiger partial charge in [-0.3, -0.25) is 5.32 Å². The van der Waals surface area contributed by atoms with E-state index < -0.39 is 5.54 Å². The molecule has 0 radical (unpaired) electrons. The highest BCUT2D eigenvalue weighted by Crippen LogP contribution is 2.32. The molecule has 9 heteroatoms. The smallest absolute Gasteiger partial charge is 0.321 e. The molecular formula is C16H21N5O4. The largest absolute Gasteiger partial charge is 0.381 e. The van der Waals surface area contributed by atoms with Crippen molar-refractivity contribution in [1.29, 1.82) is 0 Å². The topological polar surface area (TPSA) is 111 Å². The monoisotopic (exact) mass is 347 g/mol. The van der Waals surface area contributed by atoms with Crippen molar-refractivity contribution in [3.8, 4) is 0 Å². The Morgan fingerprint density at radius 1 is 1.32 bits per heavy atom. The Kier molecular flexibility index (Phi) is 5.25. The number of hydrogen-bond acceptors (Lipinski definition) is 7. The predicted molar refractivity (Wildman–Crippen MR) is 87.9 cm³/mol. The van der Waals surface area contributed by atoms with Crippen molar-refractivity contribution >= 4 is 11.8 Å². The molecule has 1 fully saturated rings. The van der Waals surface area contributed by atoms with Gasteiger partial charge >= 0.3 is 6.03 Å². The van der Waals surface area contributed by atoms with Gasteiger partial charge in [-0.2, -0.15) is 0 Å². The van der Waals surface area contributed by atoms with E-state index in [1.54, 1.807) is 13.2 Å². The summed E-state index contributed by atoms with van der Waals surface area (Å²) in [6.07, 6.45) is 2.59. The minimum atomic E-state index is -0.647. The summed E-state index contributed by atoms with van der Waals surface area (Å²) in [7, 11) is 1.58. The van der Waals surface area contributed by atoms with E-state index in [0.29, 0.717) is 49.9 Å².